The fraction of sp³-hybridized carbons (Fsp3) is 0.548. The number of alkyl halides is 5. The van der Waals surface area contributed by atoms with Gasteiger partial charge in [-0.1, -0.05) is 31.0 Å². The molecule has 0 unspecified atom stereocenters. The van der Waals surface area contributed by atoms with Crippen LogP contribution in [0.4, 0.5) is 22.0 Å². The van der Waals surface area contributed by atoms with Crippen LogP contribution in [0.3, 0.4) is 0 Å². The molecule has 0 saturated heterocycles. The van der Waals surface area contributed by atoms with Crippen molar-refractivity contribution in [1.82, 2.24) is 4.90 Å². The minimum Gasteiger partial charge on any atom is -0.508 e. The highest BCUT2D eigenvalue weighted by molar-refractivity contribution is 7.91. The van der Waals surface area contributed by atoms with Crippen molar-refractivity contribution in [3.63, 3.8) is 0 Å². The third-order valence-electron chi connectivity index (χ3n) is 7.70. The number of hydrogen-bond donors (Lipinski definition) is 2. The van der Waals surface area contributed by atoms with E-state index in [1.54, 1.807) is 18.2 Å². The van der Waals surface area contributed by atoms with E-state index in [1.165, 1.54) is 11.1 Å². The van der Waals surface area contributed by atoms with Gasteiger partial charge in [0, 0.05) is 6.42 Å². The monoisotopic (exact) mass is 617 g/mol. The molecule has 2 N–H and O–H groups in total. The van der Waals surface area contributed by atoms with Crippen LogP contribution in [0.2, 0.25) is 0 Å². The minimum absolute atomic E-state index is 0.164. The zero-order valence-electron chi connectivity index (χ0n) is 23.9. The first-order valence-corrected chi connectivity index (χ1v) is 16.2. The Kier molecular flexibility index (Phi) is 11.8. The van der Waals surface area contributed by atoms with Crippen LogP contribution in [-0.4, -0.2) is 67.3 Å². The summed E-state index contributed by atoms with van der Waals surface area (Å²) >= 11 is 0. The molecule has 0 radical (unpaired) electrons. The Labute approximate surface area is 245 Å². The first kappa shape index (κ1) is 33.8. The van der Waals surface area contributed by atoms with E-state index in [0.717, 1.165) is 68.1 Å². The lowest BCUT2D eigenvalue weighted by atomic mass is 9.89. The van der Waals surface area contributed by atoms with E-state index >= 15 is 0 Å². The van der Waals surface area contributed by atoms with Gasteiger partial charge in [-0.15, -0.1) is 0 Å². The Balaban J connectivity index is 1.46. The number of unbranched alkanes of at least 4 members (excludes halogenated alkanes) is 3. The van der Waals surface area contributed by atoms with Crippen LogP contribution in [0.15, 0.2) is 42.5 Å². The molecule has 2 aromatic rings. The van der Waals surface area contributed by atoms with Crippen molar-refractivity contribution in [3.05, 3.63) is 59.2 Å². The van der Waals surface area contributed by atoms with Gasteiger partial charge in [0.05, 0.1) is 11.5 Å². The molecule has 1 aliphatic carbocycles. The summed E-state index contributed by atoms with van der Waals surface area (Å²) in [6.45, 7) is 1.12. The normalized spacial score (nSPS) is 14.7. The number of aryl methyl sites for hydroxylation is 1. The third kappa shape index (κ3) is 9.97. The van der Waals surface area contributed by atoms with Crippen LogP contribution in [0, 0.1) is 0 Å². The van der Waals surface area contributed by atoms with Crippen molar-refractivity contribution >= 4 is 21.0 Å². The molecule has 3 rings (SSSR count). The van der Waals surface area contributed by atoms with Crippen molar-refractivity contribution in [3.8, 4) is 11.5 Å². The van der Waals surface area contributed by atoms with Gasteiger partial charge in [-0.05, 0) is 117 Å². The number of rotatable bonds is 15. The van der Waals surface area contributed by atoms with Gasteiger partial charge in [0.1, 0.15) is 11.5 Å². The number of phenolic OH excluding ortho intramolecular Hbond substituents is 2. The highest BCUT2D eigenvalue weighted by atomic mass is 32.2. The number of phenols is 2. The summed E-state index contributed by atoms with van der Waals surface area (Å²) in [5.74, 6) is -6.17. The van der Waals surface area contributed by atoms with Gasteiger partial charge in [-0.25, -0.2) is 8.42 Å². The molecule has 0 aromatic heterocycles. The van der Waals surface area contributed by atoms with Crippen molar-refractivity contribution in [2.45, 2.75) is 76.3 Å². The van der Waals surface area contributed by atoms with E-state index in [0.29, 0.717) is 13.1 Å². The third-order valence-corrected chi connectivity index (χ3v) is 9.44. The number of sulfone groups is 1. The van der Waals surface area contributed by atoms with Crippen LogP contribution < -0.4 is 0 Å². The fourth-order valence-corrected chi connectivity index (χ4v) is 6.72. The number of hydrogen-bond acceptors (Lipinski definition) is 5. The molecule has 2 aromatic carbocycles. The molecule has 0 atom stereocenters. The van der Waals surface area contributed by atoms with Gasteiger partial charge in [0.25, 0.3) is 0 Å². The van der Waals surface area contributed by atoms with E-state index < -0.39 is 39.9 Å². The van der Waals surface area contributed by atoms with Crippen molar-refractivity contribution in [2.24, 2.45) is 0 Å². The number of fused-ring (bicyclic) bond motifs is 1. The number of nitrogens with zero attached hydrogens (tertiary/aromatic N) is 1. The molecule has 0 saturated carbocycles. The SMILES string of the molecule is CN(CCCCCCC1=C(c2cccc(O)c2)CCCc2cc(O)ccc21)CCCS(=O)(=O)CCC(F)(F)C(F)(F)F. The molecule has 0 aliphatic heterocycles. The Bertz CT molecular complexity index is 1320. The lowest BCUT2D eigenvalue weighted by Gasteiger charge is -2.19. The summed E-state index contributed by atoms with van der Waals surface area (Å²) in [7, 11) is -2.18. The molecule has 1 aliphatic rings. The molecule has 0 amide bonds. The second kappa shape index (κ2) is 14.7. The molecule has 11 heteroatoms. The van der Waals surface area contributed by atoms with E-state index in [1.807, 2.05) is 36.2 Å². The van der Waals surface area contributed by atoms with Crippen LogP contribution in [-0.2, 0) is 16.3 Å². The van der Waals surface area contributed by atoms with Crippen LogP contribution in [0.1, 0.15) is 74.5 Å². The number of halogens is 5. The quantitative estimate of drug-likeness (QED) is 0.159. The molecule has 0 fully saturated rings. The number of aromatic hydroxyl groups is 2. The standard InChI is InChI=1S/C31H40F5NO4S/c1-37(18-8-19-42(40,41)20-16-30(32,33)31(34,35)36)17-5-3-2-4-12-29-27(23-9-6-11-25(38)21-23)13-7-10-24-22-26(39)14-15-28(24)29/h6,9,11,14-15,21-22,38-39H,2-5,7-8,10,12-13,16-20H2,1H3. The van der Waals surface area contributed by atoms with Gasteiger partial charge in [0.2, 0.25) is 0 Å². The Hall–Kier alpha value is -2.66. The van der Waals surface area contributed by atoms with Crippen molar-refractivity contribution in [2.75, 3.05) is 31.6 Å². The van der Waals surface area contributed by atoms with Crippen LogP contribution in [0.25, 0.3) is 11.1 Å². The highest BCUT2D eigenvalue weighted by Gasteiger charge is 2.57. The van der Waals surface area contributed by atoms with Gasteiger partial charge in [-0.2, -0.15) is 22.0 Å². The zero-order chi connectivity index (χ0) is 31.0. The Morgan fingerprint density at radius 1 is 0.833 bits per heavy atom. The fourth-order valence-electron chi connectivity index (χ4n) is 5.38. The second-order valence-electron chi connectivity index (χ2n) is 11.1. The number of allylic oxidation sites excluding steroid dienone is 2. The van der Waals surface area contributed by atoms with E-state index in [9.17, 15) is 40.6 Å². The molecule has 0 spiro atoms. The van der Waals surface area contributed by atoms with Crippen molar-refractivity contribution in [1.29, 1.82) is 0 Å². The summed E-state index contributed by atoms with van der Waals surface area (Å²) in [5.41, 5.74) is 5.72. The lowest BCUT2D eigenvalue weighted by molar-refractivity contribution is -0.282. The van der Waals surface area contributed by atoms with Gasteiger partial charge < -0.3 is 15.1 Å². The first-order chi connectivity index (χ1) is 19.7. The molecular formula is C31H40F5NO4S. The van der Waals surface area contributed by atoms with Gasteiger partial charge in [0.15, 0.2) is 9.84 Å². The summed E-state index contributed by atoms with van der Waals surface area (Å²) in [5, 5.41) is 20.1. The topological polar surface area (TPSA) is 77.8 Å². The van der Waals surface area contributed by atoms with Crippen LogP contribution in [0.5, 0.6) is 11.5 Å². The Morgan fingerprint density at radius 2 is 1.52 bits per heavy atom. The summed E-state index contributed by atoms with van der Waals surface area (Å²) in [6.07, 6.45) is -0.0613. The zero-order valence-corrected chi connectivity index (χ0v) is 24.7. The smallest absolute Gasteiger partial charge is 0.453 e. The first-order valence-electron chi connectivity index (χ1n) is 14.4. The molecule has 234 valence electrons. The molecule has 0 bridgehead atoms. The summed E-state index contributed by atoms with van der Waals surface area (Å²) in [4.78, 5) is 1.94. The maximum atomic E-state index is 13.0. The molecular weight excluding hydrogens is 577 g/mol. The lowest BCUT2D eigenvalue weighted by Crippen LogP contribution is -2.38. The predicted molar refractivity (Wildman–Crippen MR) is 155 cm³/mol. The van der Waals surface area contributed by atoms with Gasteiger partial charge >= 0.3 is 12.1 Å². The molecule has 5 nitrogen and oxygen atoms in total. The highest BCUT2D eigenvalue weighted by Crippen LogP contribution is 2.40. The maximum Gasteiger partial charge on any atom is 0.453 e. The van der Waals surface area contributed by atoms with Gasteiger partial charge in [-0.3, -0.25) is 0 Å². The number of benzene rings is 2. The summed E-state index contributed by atoms with van der Waals surface area (Å²) in [6, 6.07) is 12.8. The summed E-state index contributed by atoms with van der Waals surface area (Å²) < 4.78 is 86.8. The van der Waals surface area contributed by atoms with Crippen LogP contribution >= 0.6 is 0 Å². The van der Waals surface area contributed by atoms with E-state index in [4.69, 9.17) is 0 Å². The maximum absolute atomic E-state index is 13.0. The Morgan fingerprint density at radius 3 is 2.24 bits per heavy atom. The molecule has 42 heavy (non-hydrogen) atoms. The predicted octanol–water partition coefficient (Wildman–Crippen LogP) is 7.62. The minimum atomic E-state index is -5.75. The molecule has 0 heterocycles. The largest absolute Gasteiger partial charge is 0.508 e. The average molecular weight is 618 g/mol. The van der Waals surface area contributed by atoms with E-state index in [-0.39, 0.29) is 17.9 Å². The average Bonchev–Trinajstić information content (AvgIpc) is 3.07. The second-order valence-corrected chi connectivity index (χ2v) is 13.4. The van der Waals surface area contributed by atoms with E-state index in [2.05, 4.69) is 0 Å². The van der Waals surface area contributed by atoms with Crippen molar-refractivity contribution < 1.29 is 40.6 Å².